The Morgan fingerprint density at radius 1 is 0.520 bits per heavy atom. The summed E-state index contributed by atoms with van der Waals surface area (Å²) in [5.41, 5.74) is 10.8. The van der Waals surface area contributed by atoms with Gasteiger partial charge >= 0.3 is 0 Å². The summed E-state index contributed by atoms with van der Waals surface area (Å²) in [4.78, 5) is 14.0. The second kappa shape index (κ2) is 14.3. The maximum absolute atomic E-state index is 4.91. The summed E-state index contributed by atoms with van der Waals surface area (Å²) in [7, 11) is 0. The van der Waals surface area contributed by atoms with E-state index in [1.54, 1.807) is 12.4 Å². The molecule has 5 heterocycles. The lowest BCUT2D eigenvalue weighted by molar-refractivity contribution is 0.571. The van der Waals surface area contributed by atoms with E-state index in [2.05, 4.69) is 111 Å². The number of aryl methyl sites for hydroxylation is 1. The SMILES string of the molecule is CCCCCCCCn1c2ccccc2c2cc(-c3cn(-c4ccc(-c5cc(-c6ccccn6)nc(-c6ccccn6)c5)cc4)nn3)ccc21. The Hall–Kier alpha value is -5.95. The third-order valence-electron chi connectivity index (χ3n) is 9.44. The number of fused-ring (bicyclic) bond motifs is 3. The second-order valence-corrected chi connectivity index (χ2v) is 12.8. The molecule has 7 heteroatoms. The molecule has 0 aliphatic heterocycles. The Kier molecular flexibility index (Phi) is 8.94. The van der Waals surface area contributed by atoms with Crippen molar-refractivity contribution in [3.05, 3.63) is 134 Å². The maximum atomic E-state index is 4.91. The van der Waals surface area contributed by atoms with Gasteiger partial charge in [0.25, 0.3) is 0 Å². The summed E-state index contributed by atoms with van der Waals surface area (Å²) in [5, 5.41) is 11.7. The monoisotopic (exact) mass is 653 g/mol. The summed E-state index contributed by atoms with van der Waals surface area (Å²) in [6.45, 7) is 3.31. The average molecular weight is 654 g/mol. The lowest BCUT2D eigenvalue weighted by atomic mass is 10.0. The van der Waals surface area contributed by atoms with Crippen LogP contribution in [0.2, 0.25) is 0 Å². The van der Waals surface area contributed by atoms with E-state index in [-0.39, 0.29) is 0 Å². The zero-order chi connectivity index (χ0) is 33.7. The number of aromatic nitrogens is 7. The van der Waals surface area contributed by atoms with Crippen molar-refractivity contribution in [2.24, 2.45) is 0 Å². The first-order valence-corrected chi connectivity index (χ1v) is 17.6. The molecule has 0 unspecified atom stereocenters. The summed E-state index contributed by atoms with van der Waals surface area (Å²) >= 11 is 0. The van der Waals surface area contributed by atoms with Crippen LogP contribution in [0.3, 0.4) is 0 Å². The molecule has 8 rings (SSSR count). The highest BCUT2D eigenvalue weighted by molar-refractivity contribution is 6.09. The van der Waals surface area contributed by atoms with Crippen molar-refractivity contribution >= 4 is 21.8 Å². The molecular weight excluding hydrogens is 615 g/mol. The van der Waals surface area contributed by atoms with Gasteiger partial charge in [-0.2, -0.15) is 0 Å². The van der Waals surface area contributed by atoms with Crippen LogP contribution in [-0.4, -0.2) is 34.5 Å². The molecule has 0 atom stereocenters. The number of benzene rings is 3. The van der Waals surface area contributed by atoms with Gasteiger partial charge in [-0.1, -0.05) is 92.8 Å². The molecule has 0 saturated heterocycles. The number of nitrogens with zero attached hydrogens (tertiary/aromatic N) is 7. The lowest BCUT2D eigenvalue weighted by Gasteiger charge is -2.10. The predicted molar refractivity (Wildman–Crippen MR) is 203 cm³/mol. The normalized spacial score (nSPS) is 11.5. The summed E-state index contributed by atoms with van der Waals surface area (Å²) in [6.07, 6.45) is 13.3. The minimum atomic E-state index is 0.802. The van der Waals surface area contributed by atoms with E-state index in [1.807, 2.05) is 47.3 Å². The lowest BCUT2D eigenvalue weighted by Crippen LogP contribution is -1.97. The fourth-order valence-electron chi connectivity index (χ4n) is 6.82. The molecule has 7 nitrogen and oxygen atoms in total. The number of hydrogen-bond donors (Lipinski definition) is 0. The molecular formula is C43H39N7. The predicted octanol–water partition coefficient (Wildman–Crippen LogP) is 10.6. The van der Waals surface area contributed by atoms with Crippen LogP contribution in [0.4, 0.5) is 0 Å². The van der Waals surface area contributed by atoms with Crippen molar-refractivity contribution in [2.75, 3.05) is 0 Å². The fraction of sp³-hybridized carbons (Fsp3) is 0.186. The number of rotatable bonds is 12. The highest BCUT2D eigenvalue weighted by atomic mass is 15.4. The van der Waals surface area contributed by atoms with Crippen LogP contribution >= 0.6 is 0 Å². The van der Waals surface area contributed by atoms with Gasteiger partial charge in [0.05, 0.1) is 34.7 Å². The second-order valence-electron chi connectivity index (χ2n) is 12.8. The van der Waals surface area contributed by atoms with Crippen LogP contribution in [0, 0.1) is 0 Å². The molecule has 246 valence electrons. The van der Waals surface area contributed by atoms with Crippen molar-refractivity contribution in [1.29, 1.82) is 0 Å². The van der Waals surface area contributed by atoms with Crippen molar-refractivity contribution < 1.29 is 0 Å². The number of pyridine rings is 3. The van der Waals surface area contributed by atoms with Crippen LogP contribution in [0.25, 0.3) is 72.7 Å². The molecule has 0 fully saturated rings. The van der Waals surface area contributed by atoms with Crippen molar-refractivity contribution in [1.82, 2.24) is 34.5 Å². The van der Waals surface area contributed by atoms with Crippen LogP contribution in [0.1, 0.15) is 45.4 Å². The van der Waals surface area contributed by atoms with Gasteiger partial charge in [0, 0.05) is 46.3 Å². The Bertz CT molecular complexity index is 2300. The highest BCUT2D eigenvalue weighted by Crippen LogP contribution is 2.33. The zero-order valence-electron chi connectivity index (χ0n) is 28.3. The third kappa shape index (κ3) is 6.42. The molecule has 0 bridgehead atoms. The third-order valence-corrected chi connectivity index (χ3v) is 9.44. The standard InChI is InChI=1S/C43H39N7/c1-2-3-4-5-6-13-26-49-42-17-8-7-14-35(42)36-27-32(20-23-43(36)49)41-30-50(48-47-41)34-21-18-31(19-22-34)33-28-39(37-15-9-11-24-44-37)46-40(29-33)38-16-10-12-25-45-38/h7-12,14-25,27-30H,2-6,13,26H2,1H3. The van der Waals surface area contributed by atoms with E-state index in [1.165, 1.54) is 60.3 Å². The molecule has 3 aromatic carbocycles. The van der Waals surface area contributed by atoms with Gasteiger partial charge in [0.1, 0.15) is 5.69 Å². The molecule has 8 aromatic rings. The van der Waals surface area contributed by atoms with Gasteiger partial charge in [0.2, 0.25) is 0 Å². The van der Waals surface area contributed by atoms with Crippen LogP contribution in [0.15, 0.2) is 134 Å². The zero-order valence-corrected chi connectivity index (χ0v) is 28.3. The van der Waals surface area contributed by atoms with Crippen LogP contribution in [0.5, 0.6) is 0 Å². The maximum Gasteiger partial charge on any atom is 0.113 e. The Morgan fingerprint density at radius 2 is 1.18 bits per heavy atom. The van der Waals surface area contributed by atoms with Gasteiger partial charge in [0.15, 0.2) is 0 Å². The molecule has 0 N–H and O–H groups in total. The van der Waals surface area contributed by atoms with Gasteiger partial charge < -0.3 is 4.57 Å². The smallest absolute Gasteiger partial charge is 0.113 e. The molecule has 0 radical (unpaired) electrons. The summed E-state index contributed by atoms with van der Waals surface area (Å²) in [6, 6.07) is 39.7. The first kappa shape index (κ1) is 31.3. The van der Waals surface area contributed by atoms with Crippen LogP contribution in [-0.2, 0) is 6.54 Å². The van der Waals surface area contributed by atoms with Crippen LogP contribution < -0.4 is 0 Å². The Labute approximate surface area is 292 Å². The molecule has 5 aromatic heterocycles. The quantitative estimate of drug-likeness (QED) is 0.123. The first-order chi connectivity index (χ1) is 24.7. The summed E-state index contributed by atoms with van der Waals surface area (Å²) < 4.78 is 4.34. The number of unbranched alkanes of at least 4 members (excludes halogenated alkanes) is 5. The van der Waals surface area contributed by atoms with Crippen molar-refractivity contribution in [3.63, 3.8) is 0 Å². The van der Waals surface area contributed by atoms with Gasteiger partial charge in [-0.25, -0.2) is 9.67 Å². The molecule has 0 aliphatic rings. The van der Waals surface area contributed by atoms with E-state index in [4.69, 9.17) is 4.98 Å². The molecule has 0 spiro atoms. The van der Waals surface area contributed by atoms with E-state index in [0.717, 1.165) is 57.4 Å². The average Bonchev–Trinajstić information content (AvgIpc) is 3.80. The largest absolute Gasteiger partial charge is 0.340 e. The minimum Gasteiger partial charge on any atom is -0.340 e. The summed E-state index contributed by atoms with van der Waals surface area (Å²) in [5.74, 6) is 0. The number of para-hydroxylation sites is 1. The first-order valence-electron chi connectivity index (χ1n) is 17.6. The minimum absolute atomic E-state index is 0.802. The molecule has 0 amide bonds. The van der Waals surface area contributed by atoms with E-state index < -0.39 is 0 Å². The Morgan fingerprint density at radius 3 is 1.90 bits per heavy atom. The van der Waals surface area contributed by atoms with E-state index >= 15 is 0 Å². The van der Waals surface area contributed by atoms with Gasteiger partial charge in [-0.05, 0) is 84.3 Å². The van der Waals surface area contributed by atoms with E-state index in [0.29, 0.717) is 0 Å². The van der Waals surface area contributed by atoms with Crippen molar-refractivity contribution in [3.8, 4) is 50.8 Å². The van der Waals surface area contributed by atoms with Crippen molar-refractivity contribution in [2.45, 2.75) is 52.0 Å². The molecule has 0 saturated carbocycles. The van der Waals surface area contributed by atoms with Gasteiger partial charge in [-0.3, -0.25) is 9.97 Å². The van der Waals surface area contributed by atoms with Gasteiger partial charge in [-0.15, -0.1) is 5.10 Å². The topological polar surface area (TPSA) is 74.3 Å². The Balaban J connectivity index is 1.06. The van der Waals surface area contributed by atoms with E-state index in [9.17, 15) is 0 Å². The fourth-order valence-corrected chi connectivity index (χ4v) is 6.82. The number of hydrogen-bond acceptors (Lipinski definition) is 5. The highest BCUT2D eigenvalue weighted by Gasteiger charge is 2.14. The molecule has 50 heavy (non-hydrogen) atoms. The molecule has 0 aliphatic carbocycles.